The largest absolute Gasteiger partial charge is 1.00 e. The molecule has 1 unspecified atom stereocenters. The molecule has 15 heavy (non-hydrogen) atoms. The molecule has 1 aromatic carbocycles. The number of hydrogen-bond acceptors (Lipinski definition) is 1. The van der Waals surface area contributed by atoms with Crippen LogP contribution in [-0.2, 0) is 0 Å². The SMILES string of the molecule is CCC(/C=C(\C)C[O-])c1ccccc1.[K+]. The summed E-state index contributed by atoms with van der Waals surface area (Å²) >= 11 is 0. The second kappa shape index (κ2) is 8.68. The molecule has 0 amide bonds. The summed E-state index contributed by atoms with van der Waals surface area (Å²) in [5.41, 5.74) is 2.23. The molecule has 0 saturated heterocycles. The van der Waals surface area contributed by atoms with Gasteiger partial charge in [0.15, 0.2) is 0 Å². The first-order chi connectivity index (χ1) is 6.77. The van der Waals surface area contributed by atoms with Crippen LogP contribution >= 0.6 is 0 Å². The van der Waals surface area contributed by atoms with E-state index in [0.717, 1.165) is 12.0 Å². The fourth-order valence-electron chi connectivity index (χ4n) is 1.54. The van der Waals surface area contributed by atoms with Crippen molar-refractivity contribution in [3.63, 3.8) is 0 Å². The third-order valence-corrected chi connectivity index (χ3v) is 2.38. The quantitative estimate of drug-likeness (QED) is 0.503. The number of benzene rings is 1. The van der Waals surface area contributed by atoms with Crippen molar-refractivity contribution in [3.05, 3.63) is 47.5 Å². The van der Waals surface area contributed by atoms with E-state index in [9.17, 15) is 5.11 Å². The van der Waals surface area contributed by atoms with Gasteiger partial charge < -0.3 is 5.11 Å². The maximum atomic E-state index is 10.6. The van der Waals surface area contributed by atoms with Crippen molar-refractivity contribution in [2.24, 2.45) is 0 Å². The second-order valence-electron chi connectivity index (χ2n) is 3.58. The minimum atomic E-state index is -0.0939. The Morgan fingerprint density at radius 3 is 2.40 bits per heavy atom. The third-order valence-electron chi connectivity index (χ3n) is 2.38. The van der Waals surface area contributed by atoms with Gasteiger partial charge in [-0.2, -0.15) is 0 Å². The first-order valence-corrected chi connectivity index (χ1v) is 5.08. The zero-order valence-electron chi connectivity index (χ0n) is 9.86. The van der Waals surface area contributed by atoms with Crippen LogP contribution in [0, 0.1) is 0 Å². The fraction of sp³-hybridized carbons (Fsp3) is 0.385. The van der Waals surface area contributed by atoms with Gasteiger partial charge in [0.25, 0.3) is 0 Å². The van der Waals surface area contributed by atoms with Gasteiger partial charge in [-0.05, 0) is 18.9 Å². The monoisotopic (exact) mass is 228 g/mol. The van der Waals surface area contributed by atoms with Crippen LogP contribution in [0.4, 0.5) is 0 Å². The van der Waals surface area contributed by atoms with Gasteiger partial charge in [0.05, 0.1) is 0 Å². The number of hydrogen-bond donors (Lipinski definition) is 0. The minimum Gasteiger partial charge on any atom is -0.851 e. The molecule has 0 saturated carbocycles. The van der Waals surface area contributed by atoms with Crippen molar-refractivity contribution >= 4 is 0 Å². The molecule has 1 rings (SSSR count). The fourth-order valence-corrected chi connectivity index (χ4v) is 1.54. The van der Waals surface area contributed by atoms with Crippen molar-refractivity contribution in [1.29, 1.82) is 0 Å². The van der Waals surface area contributed by atoms with Crippen molar-refractivity contribution in [2.75, 3.05) is 6.61 Å². The molecular formula is C13H17KO. The zero-order valence-corrected chi connectivity index (χ0v) is 13.0. The Bertz CT molecular complexity index is 293. The zero-order chi connectivity index (χ0) is 10.4. The van der Waals surface area contributed by atoms with E-state index in [1.54, 1.807) is 0 Å². The Hall–Kier alpha value is 0.556. The predicted molar refractivity (Wildman–Crippen MR) is 58.1 cm³/mol. The average Bonchev–Trinajstić information content (AvgIpc) is 2.26. The van der Waals surface area contributed by atoms with Crippen LogP contribution in [0.2, 0.25) is 0 Å². The maximum Gasteiger partial charge on any atom is 1.00 e. The van der Waals surface area contributed by atoms with Gasteiger partial charge in [0, 0.05) is 5.92 Å². The molecule has 0 radical (unpaired) electrons. The molecule has 76 valence electrons. The Morgan fingerprint density at radius 2 is 1.93 bits per heavy atom. The second-order valence-corrected chi connectivity index (χ2v) is 3.58. The summed E-state index contributed by atoms with van der Waals surface area (Å²) < 4.78 is 0. The van der Waals surface area contributed by atoms with E-state index in [1.165, 1.54) is 5.56 Å². The van der Waals surface area contributed by atoms with E-state index in [-0.39, 0.29) is 58.0 Å². The first kappa shape index (κ1) is 15.6. The molecule has 1 aromatic rings. The van der Waals surface area contributed by atoms with Gasteiger partial charge in [-0.3, -0.25) is 0 Å². The Morgan fingerprint density at radius 1 is 1.33 bits per heavy atom. The smallest absolute Gasteiger partial charge is 0.851 e. The normalized spacial score (nSPS) is 13.1. The molecule has 0 bridgehead atoms. The summed E-state index contributed by atoms with van der Waals surface area (Å²) in [6.45, 7) is 3.95. The summed E-state index contributed by atoms with van der Waals surface area (Å²) in [5.74, 6) is 0.394. The predicted octanol–water partition coefficient (Wildman–Crippen LogP) is -0.509. The molecule has 0 aliphatic carbocycles. The molecule has 0 N–H and O–H groups in total. The molecule has 1 nitrogen and oxygen atoms in total. The Balaban J connectivity index is 0.00000196. The van der Waals surface area contributed by atoms with Crippen LogP contribution < -0.4 is 56.5 Å². The van der Waals surface area contributed by atoms with Crippen LogP contribution in [-0.4, -0.2) is 6.61 Å². The van der Waals surface area contributed by atoms with Crippen molar-refractivity contribution in [3.8, 4) is 0 Å². The van der Waals surface area contributed by atoms with E-state index in [1.807, 2.05) is 25.1 Å². The van der Waals surface area contributed by atoms with E-state index in [2.05, 4.69) is 25.1 Å². The van der Waals surface area contributed by atoms with Gasteiger partial charge in [0.2, 0.25) is 0 Å². The van der Waals surface area contributed by atoms with Crippen LogP contribution in [0.3, 0.4) is 0 Å². The van der Waals surface area contributed by atoms with Crippen LogP contribution in [0.25, 0.3) is 0 Å². The van der Waals surface area contributed by atoms with Crippen molar-refractivity contribution in [1.82, 2.24) is 0 Å². The molecule has 0 aromatic heterocycles. The average molecular weight is 228 g/mol. The molecular weight excluding hydrogens is 211 g/mol. The summed E-state index contributed by atoms with van der Waals surface area (Å²) in [5, 5.41) is 10.6. The summed E-state index contributed by atoms with van der Waals surface area (Å²) in [6, 6.07) is 10.3. The topological polar surface area (TPSA) is 23.1 Å². The van der Waals surface area contributed by atoms with Gasteiger partial charge in [0.1, 0.15) is 0 Å². The van der Waals surface area contributed by atoms with Crippen LogP contribution in [0.15, 0.2) is 42.0 Å². The van der Waals surface area contributed by atoms with Gasteiger partial charge >= 0.3 is 51.4 Å². The van der Waals surface area contributed by atoms with Crippen molar-refractivity contribution in [2.45, 2.75) is 26.2 Å². The summed E-state index contributed by atoms with van der Waals surface area (Å²) in [4.78, 5) is 0. The standard InChI is InChI=1S/C13H17O.K/c1-3-12(9-11(2)10-14)13-7-5-4-6-8-13;/h4-9,12H,3,10H2,1-2H3;/q-1;+1/b11-9+;. The summed E-state index contributed by atoms with van der Waals surface area (Å²) in [7, 11) is 0. The Kier molecular flexibility index (Phi) is 9.00. The number of rotatable bonds is 4. The minimum absolute atomic E-state index is 0. The van der Waals surface area contributed by atoms with E-state index >= 15 is 0 Å². The van der Waals surface area contributed by atoms with Gasteiger partial charge in [-0.25, -0.2) is 0 Å². The van der Waals surface area contributed by atoms with Crippen LogP contribution in [0.1, 0.15) is 31.7 Å². The maximum absolute atomic E-state index is 10.6. The molecule has 1 atom stereocenters. The first-order valence-electron chi connectivity index (χ1n) is 5.08. The molecule has 0 fully saturated rings. The van der Waals surface area contributed by atoms with Gasteiger partial charge in [-0.15, -0.1) is 6.61 Å². The molecule has 2 heteroatoms. The van der Waals surface area contributed by atoms with Gasteiger partial charge in [-0.1, -0.05) is 48.9 Å². The summed E-state index contributed by atoms with van der Waals surface area (Å²) in [6.07, 6.45) is 3.13. The van der Waals surface area contributed by atoms with E-state index in [0.29, 0.717) is 5.92 Å². The molecule has 0 aliphatic rings. The van der Waals surface area contributed by atoms with E-state index < -0.39 is 0 Å². The third kappa shape index (κ3) is 5.43. The molecule has 0 spiro atoms. The Labute approximate surface area is 135 Å². The van der Waals surface area contributed by atoms with Crippen molar-refractivity contribution < 1.29 is 56.5 Å². The van der Waals surface area contributed by atoms with Crippen LogP contribution in [0.5, 0.6) is 0 Å². The molecule has 0 heterocycles. The van der Waals surface area contributed by atoms with E-state index in [4.69, 9.17) is 0 Å². The number of allylic oxidation sites excluding steroid dienone is 1. The molecule has 0 aliphatic heterocycles.